The molecule has 122 valence electrons. The number of methoxy groups -OCH3 is 3. The minimum absolute atomic E-state index is 0.0239. The molecule has 0 aliphatic carbocycles. The van der Waals surface area contributed by atoms with E-state index in [1.807, 2.05) is 0 Å². The van der Waals surface area contributed by atoms with E-state index in [2.05, 4.69) is 15.2 Å². The summed E-state index contributed by atoms with van der Waals surface area (Å²) >= 11 is 0. The van der Waals surface area contributed by atoms with Crippen molar-refractivity contribution in [3.63, 3.8) is 0 Å². The van der Waals surface area contributed by atoms with Crippen molar-refractivity contribution in [3.05, 3.63) is 35.7 Å². The lowest BCUT2D eigenvalue weighted by molar-refractivity contribution is 0.0594. The van der Waals surface area contributed by atoms with Gasteiger partial charge in [0.2, 0.25) is 0 Å². The number of nitrogens with zero attached hydrogens (tertiary/aromatic N) is 2. The molecule has 1 aromatic heterocycles. The largest absolute Gasteiger partial charge is 0.497 e. The monoisotopic (exact) mass is 319 g/mol. The number of aryl methyl sites for hydroxylation is 1. The molecule has 1 aromatic carbocycles. The summed E-state index contributed by atoms with van der Waals surface area (Å²) in [5.41, 5.74) is 0.575. The van der Waals surface area contributed by atoms with Crippen molar-refractivity contribution in [1.29, 1.82) is 0 Å². The number of ether oxygens (including phenoxy) is 3. The number of anilines is 1. The van der Waals surface area contributed by atoms with Crippen molar-refractivity contribution in [2.24, 2.45) is 7.05 Å². The number of hydrogen-bond acceptors (Lipinski definition) is 6. The number of hydrogen-bond donors (Lipinski definition) is 1. The number of carbonyl (C=O) groups is 2. The molecular weight excluding hydrogens is 302 g/mol. The van der Waals surface area contributed by atoms with Gasteiger partial charge in [-0.15, -0.1) is 0 Å². The van der Waals surface area contributed by atoms with E-state index in [1.54, 1.807) is 25.2 Å². The molecule has 0 saturated carbocycles. The second-order valence-electron chi connectivity index (χ2n) is 4.58. The fraction of sp³-hybridized carbons (Fsp3) is 0.267. The van der Waals surface area contributed by atoms with Gasteiger partial charge in [0, 0.05) is 19.3 Å². The van der Waals surface area contributed by atoms with E-state index in [-0.39, 0.29) is 11.4 Å². The Balaban J connectivity index is 2.31. The van der Waals surface area contributed by atoms with Gasteiger partial charge >= 0.3 is 5.97 Å². The number of nitrogens with one attached hydrogen (secondary N) is 1. The van der Waals surface area contributed by atoms with E-state index in [1.165, 1.54) is 32.2 Å². The highest BCUT2D eigenvalue weighted by atomic mass is 16.5. The molecule has 0 saturated heterocycles. The Morgan fingerprint density at radius 1 is 1.17 bits per heavy atom. The first-order valence-corrected chi connectivity index (χ1v) is 6.65. The van der Waals surface area contributed by atoms with Crippen molar-refractivity contribution < 1.29 is 23.8 Å². The standard InChI is InChI=1S/C15H17N3O5/c1-18-8-11(13(17-18)15(20)23-4)16-14(19)10-6-5-9(21-2)7-12(10)22-3/h5-8H,1-4H3,(H,16,19). The van der Waals surface area contributed by atoms with Crippen LogP contribution >= 0.6 is 0 Å². The van der Waals surface area contributed by atoms with Crippen LogP contribution in [-0.4, -0.2) is 43.0 Å². The van der Waals surface area contributed by atoms with Crippen LogP contribution in [0.2, 0.25) is 0 Å². The zero-order chi connectivity index (χ0) is 17.0. The number of benzene rings is 1. The van der Waals surface area contributed by atoms with E-state index in [0.29, 0.717) is 17.1 Å². The molecule has 8 nitrogen and oxygen atoms in total. The predicted octanol–water partition coefficient (Wildman–Crippen LogP) is 1.48. The molecule has 1 amide bonds. The maximum atomic E-state index is 12.4. The number of rotatable bonds is 5. The zero-order valence-corrected chi connectivity index (χ0v) is 13.2. The molecule has 0 bridgehead atoms. The van der Waals surface area contributed by atoms with Crippen LogP contribution in [0.5, 0.6) is 11.5 Å². The van der Waals surface area contributed by atoms with Crippen LogP contribution in [0.25, 0.3) is 0 Å². The van der Waals surface area contributed by atoms with Crippen molar-refractivity contribution in [1.82, 2.24) is 9.78 Å². The van der Waals surface area contributed by atoms with Crippen molar-refractivity contribution in [2.45, 2.75) is 0 Å². The highest BCUT2D eigenvalue weighted by molar-refractivity contribution is 6.08. The molecule has 8 heteroatoms. The maximum absolute atomic E-state index is 12.4. The average molecular weight is 319 g/mol. The molecule has 2 aromatic rings. The summed E-state index contributed by atoms with van der Waals surface area (Å²) in [6, 6.07) is 4.81. The predicted molar refractivity (Wildman–Crippen MR) is 82.0 cm³/mol. The van der Waals surface area contributed by atoms with Crippen molar-refractivity contribution in [3.8, 4) is 11.5 Å². The van der Waals surface area contributed by atoms with Crippen molar-refractivity contribution >= 4 is 17.6 Å². The fourth-order valence-electron chi connectivity index (χ4n) is 2.00. The minimum atomic E-state index is -0.636. The highest BCUT2D eigenvalue weighted by Gasteiger charge is 2.20. The molecule has 0 aliphatic heterocycles. The third-order valence-corrected chi connectivity index (χ3v) is 3.11. The van der Waals surface area contributed by atoms with Gasteiger partial charge in [0.15, 0.2) is 5.69 Å². The Hall–Kier alpha value is -3.03. The summed E-state index contributed by atoms with van der Waals surface area (Å²) in [6.07, 6.45) is 1.51. The smallest absolute Gasteiger partial charge is 0.360 e. The maximum Gasteiger partial charge on any atom is 0.360 e. The number of esters is 1. The average Bonchev–Trinajstić information content (AvgIpc) is 2.93. The van der Waals surface area contributed by atoms with E-state index in [0.717, 1.165) is 0 Å². The lowest BCUT2D eigenvalue weighted by Gasteiger charge is -2.10. The Bertz CT molecular complexity index is 739. The van der Waals surface area contributed by atoms with Gasteiger partial charge < -0.3 is 19.5 Å². The second-order valence-corrected chi connectivity index (χ2v) is 4.58. The van der Waals surface area contributed by atoms with Gasteiger partial charge in [-0.05, 0) is 12.1 Å². The normalized spacial score (nSPS) is 10.1. The molecule has 1 heterocycles. The summed E-state index contributed by atoms with van der Waals surface area (Å²) < 4.78 is 16.3. The zero-order valence-electron chi connectivity index (χ0n) is 13.2. The summed E-state index contributed by atoms with van der Waals surface area (Å²) in [7, 11) is 5.85. The summed E-state index contributed by atoms with van der Waals surface area (Å²) in [5, 5.41) is 6.61. The fourth-order valence-corrected chi connectivity index (χ4v) is 2.00. The number of carbonyl (C=O) groups excluding carboxylic acids is 2. The molecule has 0 aliphatic rings. The minimum Gasteiger partial charge on any atom is -0.497 e. The summed E-state index contributed by atoms with van der Waals surface area (Å²) in [6.45, 7) is 0. The second kappa shape index (κ2) is 6.82. The lowest BCUT2D eigenvalue weighted by atomic mass is 10.1. The van der Waals surface area contributed by atoms with E-state index < -0.39 is 11.9 Å². The van der Waals surface area contributed by atoms with Gasteiger partial charge in [-0.25, -0.2) is 4.79 Å². The summed E-state index contributed by atoms with van der Waals surface area (Å²) in [5.74, 6) is -0.161. The Morgan fingerprint density at radius 3 is 2.52 bits per heavy atom. The van der Waals surface area contributed by atoms with Crippen LogP contribution in [0.3, 0.4) is 0 Å². The molecule has 0 atom stereocenters. The lowest BCUT2D eigenvalue weighted by Crippen LogP contribution is -2.15. The third kappa shape index (κ3) is 3.42. The first-order chi connectivity index (χ1) is 11.0. The molecular formula is C15H17N3O5. The highest BCUT2D eigenvalue weighted by Crippen LogP contribution is 2.26. The first kappa shape index (κ1) is 16.3. The van der Waals surface area contributed by atoms with Gasteiger partial charge in [-0.1, -0.05) is 0 Å². The van der Waals surface area contributed by atoms with Crippen molar-refractivity contribution in [2.75, 3.05) is 26.6 Å². The van der Waals surface area contributed by atoms with Crippen LogP contribution in [-0.2, 0) is 11.8 Å². The molecule has 0 unspecified atom stereocenters. The van der Waals surface area contributed by atoms with Gasteiger partial charge in [-0.2, -0.15) is 5.10 Å². The Morgan fingerprint density at radius 2 is 1.91 bits per heavy atom. The van der Waals surface area contributed by atoms with Crippen LogP contribution in [0.15, 0.2) is 24.4 Å². The molecule has 0 radical (unpaired) electrons. The van der Waals surface area contributed by atoms with E-state index in [4.69, 9.17) is 9.47 Å². The van der Waals surface area contributed by atoms with Gasteiger partial charge in [0.25, 0.3) is 5.91 Å². The van der Waals surface area contributed by atoms with Crippen LogP contribution in [0, 0.1) is 0 Å². The SMILES string of the molecule is COC(=O)c1nn(C)cc1NC(=O)c1ccc(OC)cc1OC. The topological polar surface area (TPSA) is 91.7 Å². The molecule has 0 fully saturated rings. The first-order valence-electron chi connectivity index (χ1n) is 6.65. The van der Waals surface area contributed by atoms with Gasteiger partial charge in [0.1, 0.15) is 11.5 Å². The molecule has 1 N–H and O–H groups in total. The van der Waals surface area contributed by atoms with Gasteiger partial charge in [0.05, 0.1) is 32.6 Å². The number of aromatic nitrogens is 2. The van der Waals surface area contributed by atoms with E-state index >= 15 is 0 Å². The number of amides is 1. The van der Waals surface area contributed by atoms with Crippen LogP contribution < -0.4 is 14.8 Å². The van der Waals surface area contributed by atoms with Gasteiger partial charge in [-0.3, -0.25) is 9.48 Å². The quantitative estimate of drug-likeness (QED) is 0.839. The molecule has 0 spiro atoms. The van der Waals surface area contributed by atoms with Crippen LogP contribution in [0.4, 0.5) is 5.69 Å². The van der Waals surface area contributed by atoms with Crippen LogP contribution in [0.1, 0.15) is 20.8 Å². The molecule has 23 heavy (non-hydrogen) atoms. The Kier molecular flexibility index (Phi) is 4.85. The van der Waals surface area contributed by atoms with E-state index in [9.17, 15) is 9.59 Å². The third-order valence-electron chi connectivity index (χ3n) is 3.11. The molecule has 2 rings (SSSR count). The Labute approximate surface area is 132 Å². The summed E-state index contributed by atoms with van der Waals surface area (Å²) in [4.78, 5) is 24.1.